The normalized spacial score (nSPS) is 25.3. The second-order valence-electron chi connectivity index (χ2n) is 7.82. The summed E-state index contributed by atoms with van der Waals surface area (Å²) < 4.78 is 5.41. The summed E-state index contributed by atoms with van der Waals surface area (Å²) in [4.78, 5) is 17.5. The third-order valence-electron chi connectivity index (χ3n) is 5.72. The molecule has 0 unspecified atom stereocenters. The number of aliphatic hydroxyl groups is 1. The van der Waals surface area contributed by atoms with E-state index in [1.807, 2.05) is 49.1 Å². The standard InChI is InChI=1S/C20H30N2O3/c1-20(2,18-6-4-3-5-7-18)19(24)22-13-16(17(14-22)15-23)12-21-8-10-25-11-9-21/h3-7,16-17,23H,8-15H2,1-2H3/t16-,17-/m1/s1. The number of nitrogens with zero attached hydrogens (tertiary/aromatic N) is 2. The quantitative estimate of drug-likeness (QED) is 0.875. The molecule has 0 bridgehead atoms. The van der Waals surface area contributed by atoms with Crippen molar-refractivity contribution in [2.24, 2.45) is 11.8 Å². The van der Waals surface area contributed by atoms with Crippen molar-refractivity contribution in [3.8, 4) is 0 Å². The lowest BCUT2D eigenvalue weighted by atomic mass is 9.83. The summed E-state index contributed by atoms with van der Waals surface area (Å²) in [5.41, 5.74) is 0.493. The van der Waals surface area contributed by atoms with Crippen molar-refractivity contribution in [2.45, 2.75) is 19.3 Å². The molecule has 0 aromatic heterocycles. The van der Waals surface area contributed by atoms with Crippen LogP contribution < -0.4 is 0 Å². The Kier molecular flexibility index (Phi) is 5.77. The van der Waals surface area contributed by atoms with Gasteiger partial charge in [-0.25, -0.2) is 0 Å². The SMILES string of the molecule is CC(C)(C(=O)N1C[C@@H](CN2CCOCC2)[C@@H](CO)C1)c1ccccc1. The maximum absolute atomic E-state index is 13.2. The topological polar surface area (TPSA) is 53.0 Å². The first-order valence-electron chi connectivity index (χ1n) is 9.28. The molecule has 5 heteroatoms. The fraction of sp³-hybridized carbons (Fsp3) is 0.650. The number of aliphatic hydroxyl groups excluding tert-OH is 1. The van der Waals surface area contributed by atoms with E-state index < -0.39 is 5.41 Å². The molecule has 5 nitrogen and oxygen atoms in total. The number of carbonyl (C=O) groups excluding carboxylic acids is 1. The van der Waals surface area contributed by atoms with Crippen LogP contribution in [0.4, 0.5) is 0 Å². The minimum Gasteiger partial charge on any atom is -0.396 e. The first-order chi connectivity index (χ1) is 12.0. The highest BCUT2D eigenvalue weighted by Gasteiger charge is 2.41. The summed E-state index contributed by atoms with van der Waals surface area (Å²) in [6, 6.07) is 9.96. The van der Waals surface area contributed by atoms with Crippen LogP contribution in [0.15, 0.2) is 30.3 Å². The zero-order chi connectivity index (χ0) is 17.9. The molecular weight excluding hydrogens is 316 g/mol. The predicted molar refractivity (Wildman–Crippen MR) is 97.4 cm³/mol. The Morgan fingerprint density at radius 1 is 1.16 bits per heavy atom. The molecule has 138 valence electrons. The maximum Gasteiger partial charge on any atom is 0.232 e. The van der Waals surface area contributed by atoms with Crippen LogP contribution in [0.1, 0.15) is 19.4 Å². The number of hydrogen-bond donors (Lipinski definition) is 1. The molecule has 1 N–H and O–H groups in total. The van der Waals surface area contributed by atoms with E-state index in [-0.39, 0.29) is 18.4 Å². The van der Waals surface area contributed by atoms with E-state index in [0.717, 1.165) is 45.0 Å². The second kappa shape index (κ2) is 7.85. The van der Waals surface area contributed by atoms with Crippen molar-refractivity contribution in [3.63, 3.8) is 0 Å². The van der Waals surface area contributed by atoms with E-state index in [9.17, 15) is 9.90 Å². The summed E-state index contributed by atoms with van der Waals surface area (Å²) in [6.07, 6.45) is 0. The number of hydrogen-bond acceptors (Lipinski definition) is 4. The summed E-state index contributed by atoms with van der Waals surface area (Å²) in [5.74, 6) is 0.651. The van der Waals surface area contributed by atoms with Gasteiger partial charge in [-0.2, -0.15) is 0 Å². The van der Waals surface area contributed by atoms with Gasteiger partial charge >= 0.3 is 0 Å². The Morgan fingerprint density at radius 2 is 1.80 bits per heavy atom. The highest BCUT2D eigenvalue weighted by molar-refractivity contribution is 5.87. The molecule has 1 aromatic rings. The highest BCUT2D eigenvalue weighted by Crippen LogP contribution is 2.31. The number of amides is 1. The average Bonchev–Trinajstić information content (AvgIpc) is 3.05. The second-order valence-corrected chi connectivity index (χ2v) is 7.82. The number of ether oxygens (including phenoxy) is 1. The highest BCUT2D eigenvalue weighted by atomic mass is 16.5. The minimum absolute atomic E-state index is 0.143. The Hall–Kier alpha value is -1.43. The number of rotatable bonds is 5. The van der Waals surface area contributed by atoms with Crippen molar-refractivity contribution < 1.29 is 14.6 Å². The Morgan fingerprint density at radius 3 is 2.44 bits per heavy atom. The average molecular weight is 346 g/mol. The summed E-state index contributed by atoms with van der Waals surface area (Å²) in [5, 5.41) is 9.80. The van der Waals surface area contributed by atoms with Crippen LogP contribution in [0.25, 0.3) is 0 Å². The Bertz CT molecular complexity index is 570. The largest absolute Gasteiger partial charge is 0.396 e. The monoisotopic (exact) mass is 346 g/mol. The molecule has 2 heterocycles. The first kappa shape index (κ1) is 18.4. The number of carbonyl (C=O) groups is 1. The van der Waals surface area contributed by atoms with Crippen LogP contribution in [0.3, 0.4) is 0 Å². The summed E-state index contributed by atoms with van der Waals surface area (Å²) >= 11 is 0. The first-order valence-corrected chi connectivity index (χ1v) is 9.28. The van der Waals surface area contributed by atoms with E-state index in [0.29, 0.717) is 12.5 Å². The van der Waals surface area contributed by atoms with Gasteiger partial charge in [0.25, 0.3) is 0 Å². The molecule has 0 spiro atoms. The molecule has 2 atom stereocenters. The minimum atomic E-state index is -0.547. The number of benzene rings is 1. The van der Waals surface area contributed by atoms with Crippen molar-refractivity contribution in [1.29, 1.82) is 0 Å². The summed E-state index contributed by atoms with van der Waals surface area (Å²) in [6.45, 7) is 9.89. The van der Waals surface area contributed by atoms with Crippen molar-refractivity contribution >= 4 is 5.91 Å². The predicted octanol–water partition coefficient (Wildman–Crippen LogP) is 1.36. The molecule has 2 aliphatic heterocycles. The van der Waals surface area contributed by atoms with Crippen LogP contribution in [-0.2, 0) is 14.9 Å². The van der Waals surface area contributed by atoms with Gasteiger partial charge in [0.1, 0.15) is 0 Å². The molecule has 2 saturated heterocycles. The molecule has 25 heavy (non-hydrogen) atoms. The lowest BCUT2D eigenvalue weighted by molar-refractivity contribution is -0.135. The van der Waals surface area contributed by atoms with E-state index >= 15 is 0 Å². The van der Waals surface area contributed by atoms with Crippen LogP contribution in [0.2, 0.25) is 0 Å². The van der Waals surface area contributed by atoms with Crippen LogP contribution in [-0.4, -0.2) is 73.4 Å². The molecular formula is C20H30N2O3. The molecule has 1 aromatic carbocycles. The third-order valence-corrected chi connectivity index (χ3v) is 5.72. The molecule has 0 aliphatic carbocycles. The third kappa shape index (κ3) is 4.05. The zero-order valence-electron chi connectivity index (χ0n) is 15.4. The Balaban J connectivity index is 1.67. The molecule has 0 radical (unpaired) electrons. The van der Waals surface area contributed by atoms with Crippen molar-refractivity contribution in [2.75, 3.05) is 52.5 Å². The van der Waals surface area contributed by atoms with Gasteiger partial charge in [0.05, 0.1) is 18.6 Å². The number of morpholine rings is 1. The van der Waals surface area contributed by atoms with Gasteiger partial charge in [-0.15, -0.1) is 0 Å². The van der Waals surface area contributed by atoms with Gasteiger partial charge in [-0.3, -0.25) is 9.69 Å². The van der Waals surface area contributed by atoms with E-state index in [4.69, 9.17) is 4.74 Å². The van der Waals surface area contributed by atoms with E-state index in [1.54, 1.807) is 0 Å². The fourth-order valence-electron chi connectivity index (χ4n) is 4.01. The molecule has 2 aliphatic rings. The van der Waals surface area contributed by atoms with Crippen LogP contribution >= 0.6 is 0 Å². The van der Waals surface area contributed by atoms with Gasteiger partial charge < -0.3 is 14.7 Å². The van der Waals surface area contributed by atoms with Crippen LogP contribution in [0, 0.1) is 11.8 Å². The van der Waals surface area contributed by atoms with Crippen LogP contribution in [0.5, 0.6) is 0 Å². The van der Waals surface area contributed by atoms with Gasteiger partial charge in [-0.1, -0.05) is 30.3 Å². The van der Waals surface area contributed by atoms with Crippen molar-refractivity contribution in [3.05, 3.63) is 35.9 Å². The number of likely N-dealkylation sites (tertiary alicyclic amines) is 1. The molecule has 2 fully saturated rings. The fourth-order valence-corrected chi connectivity index (χ4v) is 4.01. The molecule has 3 rings (SSSR count). The lowest BCUT2D eigenvalue weighted by Crippen LogP contribution is -2.43. The van der Waals surface area contributed by atoms with Gasteiger partial charge in [0.2, 0.25) is 5.91 Å². The smallest absolute Gasteiger partial charge is 0.232 e. The zero-order valence-corrected chi connectivity index (χ0v) is 15.4. The van der Waals surface area contributed by atoms with E-state index in [1.165, 1.54) is 0 Å². The molecule has 0 saturated carbocycles. The Labute approximate surface area is 150 Å². The summed E-state index contributed by atoms with van der Waals surface area (Å²) in [7, 11) is 0. The van der Waals surface area contributed by atoms with Gasteiger partial charge in [0, 0.05) is 45.2 Å². The molecule has 1 amide bonds. The van der Waals surface area contributed by atoms with Crippen molar-refractivity contribution in [1.82, 2.24) is 9.80 Å². The van der Waals surface area contributed by atoms with Gasteiger partial charge in [0.15, 0.2) is 0 Å². The van der Waals surface area contributed by atoms with E-state index in [2.05, 4.69) is 4.90 Å². The lowest BCUT2D eigenvalue weighted by Gasteiger charge is -2.31. The van der Waals surface area contributed by atoms with Gasteiger partial charge in [-0.05, 0) is 25.3 Å². The maximum atomic E-state index is 13.2.